The zero-order chi connectivity index (χ0) is 27.1. The van der Waals surface area contributed by atoms with Crippen LogP contribution in [0.25, 0.3) is 20.8 Å². The molecule has 3 atom stereocenters. The summed E-state index contributed by atoms with van der Waals surface area (Å²) in [6, 6.07) is 4.77. The fraction of sp³-hybridized carbons (Fsp3) is 0.348. The Morgan fingerprint density at radius 3 is 2.79 bits per heavy atom. The molecule has 0 aliphatic carbocycles. The molecule has 39 heavy (non-hydrogen) atoms. The molecule has 0 spiro atoms. The van der Waals surface area contributed by atoms with Gasteiger partial charge < -0.3 is 19.9 Å². The molecule has 4 aromatic rings. The molecule has 2 saturated heterocycles. The maximum absolute atomic E-state index is 14.4. The molecule has 2 fully saturated rings. The number of thioether (sulfide) groups is 1. The van der Waals surface area contributed by atoms with Crippen molar-refractivity contribution in [3.05, 3.63) is 42.5 Å². The number of thiophene rings is 1. The molecule has 1 aromatic carbocycles. The molecule has 2 aliphatic heterocycles. The van der Waals surface area contributed by atoms with Crippen LogP contribution in [-0.2, 0) is 4.74 Å². The number of carbonyl (C=O) groups excluding carboxylic acids is 1. The van der Waals surface area contributed by atoms with Gasteiger partial charge in [0.15, 0.2) is 0 Å². The predicted molar refractivity (Wildman–Crippen MR) is 135 cm³/mol. The van der Waals surface area contributed by atoms with Crippen LogP contribution in [0.3, 0.4) is 0 Å². The first-order valence-corrected chi connectivity index (χ1v) is 13.4. The monoisotopic (exact) mass is 581 g/mol. The molecule has 204 valence electrons. The smallest absolute Gasteiger partial charge is 0.378 e. The van der Waals surface area contributed by atoms with Gasteiger partial charge in [0.1, 0.15) is 12.2 Å². The Kier molecular flexibility index (Phi) is 6.76. The Labute approximate surface area is 226 Å². The predicted octanol–water partition coefficient (Wildman–Crippen LogP) is 5.16. The molecule has 6 rings (SSSR count). The van der Waals surface area contributed by atoms with E-state index in [2.05, 4.69) is 30.7 Å². The lowest BCUT2D eigenvalue weighted by atomic mass is 10.1. The van der Waals surface area contributed by atoms with E-state index in [1.54, 1.807) is 24.3 Å². The van der Waals surface area contributed by atoms with Gasteiger partial charge in [0.2, 0.25) is 11.8 Å². The van der Waals surface area contributed by atoms with Gasteiger partial charge in [0.05, 0.1) is 34.5 Å². The molecular weight excluding hydrogens is 562 g/mol. The summed E-state index contributed by atoms with van der Waals surface area (Å²) in [5.41, 5.74) is -4.08. The number of carbonyl (C=O) groups is 1. The minimum absolute atomic E-state index is 0.0259. The van der Waals surface area contributed by atoms with Crippen LogP contribution >= 0.6 is 23.1 Å². The Morgan fingerprint density at radius 1 is 1.21 bits per heavy atom. The molecule has 3 unspecified atom stereocenters. The van der Waals surface area contributed by atoms with Gasteiger partial charge in [0.25, 0.3) is 5.89 Å². The second kappa shape index (κ2) is 10.2. The van der Waals surface area contributed by atoms with Crippen LogP contribution in [0.15, 0.2) is 46.1 Å². The van der Waals surface area contributed by atoms with Gasteiger partial charge in [-0.25, -0.2) is 19.2 Å². The van der Waals surface area contributed by atoms with Crippen LogP contribution in [0.1, 0.15) is 18.4 Å². The molecule has 2 aliphatic rings. The van der Waals surface area contributed by atoms with Crippen molar-refractivity contribution in [1.82, 2.24) is 25.4 Å². The van der Waals surface area contributed by atoms with Crippen molar-refractivity contribution in [2.45, 2.75) is 35.1 Å². The number of rotatable bonds is 6. The number of halogens is 4. The Bertz CT molecular complexity index is 1500. The maximum atomic E-state index is 14.4. The molecule has 16 heteroatoms. The van der Waals surface area contributed by atoms with Crippen molar-refractivity contribution in [3.63, 3.8) is 0 Å². The number of amides is 2. The van der Waals surface area contributed by atoms with E-state index in [9.17, 15) is 22.4 Å². The topological polar surface area (TPSA) is 118 Å². The fourth-order valence-corrected chi connectivity index (χ4v) is 6.50. The third-order valence-electron chi connectivity index (χ3n) is 6.16. The fourth-order valence-electron chi connectivity index (χ4n) is 4.39. The first kappa shape index (κ1) is 25.8. The lowest BCUT2D eigenvalue weighted by molar-refractivity contribution is -0.0327. The van der Waals surface area contributed by atoms with Crippen LogP contribution in [0, 0.1) is 0 Å². The van der Waals surface area contributed by atoms with Gasteiger partial charge in [0, 0.05) is 29.3 Å². The molecule has 10 nitrogen and oxygen atoms in total. The molecule has 3 aromatic heterocycles. The zero-order valence-electron chi connectivity index (χ0n) is 19.8. The van der Waals surface area contributed by atoms with Crippen LogP contribution in [0.4, 0.5) is 34.0 Å². The van der Waals surface area contributed by atoms with Crippen molar-refractivity contribution >= 4 is 50.9 Å². The quantitative estimate of drug-likeness (QED) is 0.235. The van der Waals surface area contributed by atoms with E-state index in [-0.39, 0.29) is 52.3 Å². The molecule has 0 saturated carbocycles. The van der Waals surface area contributed by atoms with Crippen LogP contribution in [-0.4, -0.2) is 63.6 Å². The highest BCUT2D eigenvalue weighted by Crippen LogP contribution is 2.50. The second-order valence-corrected chi connectivity index (χ2v) is 10.8. The average Bonchev–Trinajstić information content (AvgIpc) is 3.63. The van der Waals surface area contributed by atoms with Crippen molar-refractivity contribution in [1.29, 1.82) is 0 Å². The summed E-state index contributed by atoms with van der Waals surface area (Å²) in [7, 11) is 0. The number of benzene rings is 1. The third kappa shape index (κ3) is 5.23. The van der Waals surface area contributed by atoms with E-state index in [1.807, 2.05) is 0 Å². The number of aromatic nitrogens is 4. The number of anilines is 2. The second-order valence-electron chi connectivity index (χ2n) is 8.74. The first-order valence-electron chi connectivity index (χ1n) is 11.8. The normalized spacial score (nSPS) is 21.9. The van der Waals surface area contributed by atoms with Gasteiger partial charge in [-0.15, -0.1) is 11.3 Å². The number of nitrogens with zero attached hydrogens (tertiary/aromatic N) is 5. The summed E-state index contributed by atoms with van der Waals surface area (Å²) in [6.45, 7) is 0.427. The van der Waals surface area contributed by atoms with Crippen molar-refractivity contribution in [2.75, 3.05) is 30.0 Å². The molecule has 0 bridgehead atoms. The standard InChI is InChI=1S/C23H19F4N7O3S2/c24-12-10-36-8-5-13(12)30-14-4-1-3-11-16(14)38-18(17(11)39-23(25,26)27)19-32-20(37-33-19)15-9-34(22(35)31-15)21-28-6-2-7-29-21/h1-4,6-7,12-13,15,30H,5,8-10H2,(H,31,35). The van der Waals surface area contributed by atoms with Gasteiger partial charge in [-0.05, 0) is 30.3 Å². The van der Waals surface area contributed by atoms with E-state index < -0.39 is 29.8 Å². The highest BCUT2D eigenvalue weighted by atomic mass is 32.2. The lowest BCUT2D eigenvalue weighted by Crippen LogP contribution is -2.39. The van der Waals surface area contributed by atoms with E-state index in [0.717, 1.165) is 11.3 Å². The number of alkyl halides is 4. The van der Waals surface area contributed by atoms with Crippen molar-refractivity contribution in [2.24, 2.45) is 0 Å². The molecule has 5 heterocycles. The van der Waals surface area contributed by atoms with Gasteiger partial charge >= 0.3 is 11.5 Å². The number of ether oxygens (including phenoxy) is 1. The van der Waals surface area contributed by atoms with E-state index in [0.29, 0.717) is 28.8 Å². The summed E-state index contributed by atoms with van der Waals surface area (Å²) in [5.74, 6) is 0.158. The summed E-state index contributed by atoms with van der Waals surface area (Å²) in [6.07, 6.45) is 2.16. The van der Waals surface area contributed by atoms with Crippen LogP contribution < -0.4 is 15.5 Å². The third-order valence-corrected chi connectivity index (χ3v) is 8.38. The van der Waals surface area contributed by atoms with E-state index in [4.69, 9.17) is 9.26 Å². The Morgan fingerprint density at radius 2 is 2.03 bits per heavy atom. The van der Waals surface area contributed by atoms with Crippen molar-refractivity contribution < 1.29 is 31.6 Å². The van der Waals surface area contributed by atoms with Crippen LogP contribution in [0.2, 0.25) is 0 Å². The van der Waals surface area contributed by atoms with Crippen molar-refractivity contribution in [3.8, 4) is 10.7 Å². The summed E-state index contributed by atoms with van der Waals surface area (Å²) in [4.78, 5) is 26.3. The molecule has 0 radical (unpaired) electrons. The van der Waals surface area contributed by atoms with Gasteiger partial charge in [-0.3, -0.25) is 4.90 Å². The summed E-state index contributed by atoms with van der Waals surface area (Å²) >= 11 is 0.774. The van der Waals surface area contributed by atoms with E-state index >= 15 is 0 Å². The summed E-state index contributed by atoms with van der Waals surface area (Å²) < 4.78 is 66.3. The number of hydrogen-bond acceptors (Lipinski definition) is 10. The number of urea groups is 1. The lowest BCUT2D eigenvalue weighted by Gasteiger charge is -2.27. The highest BCUT2D eigenvalue weighted by molar-refractivity contribution is 8.00. The average molecular weight is 582 g/mol. The largest absolute Gasteiger partial charge is 0.446 e. The van der Waals surface area contributed by atoms with Gasteiger partial charge in [-0.1, -0.05) is 17.3 Å². The number of hydrogen-bond donors (Lipinski definition) is 2. The maximum Gasteiger partial charge on any atom is 0.446 e. The molecule has 2 N–H and O–H groups in total. The molecule has 2 amide bonds. The Balaban J connectivity index is 1.34. The molecular formula is C23H19F4N7O3S2. The SMILES string of the molecule is O=C1NC(c2nc(-c3sc4c(NC5CCOCC5F)cccc4c3SC(F)(F)F)no2)CN1c1ncccn1. The van der Waals surface area contributed by atoms with Gasteiger partial charge in [-0.2, -0.15) is 18.2 Å². The van der Waals surface area contributed by atoms with E-state index in [1.165, 1.54) is 17.3 Å². The van der Waals surface area contributed by atoms with Crippen LogP contribution in [0.5, 0.6) is 0 Å². The number of nitrogens with one attached hydrogen (secondary N) is 2. The minimum atomic E-state index is -4.58. The number of fused-ring (bicyclic) bond motifs is 1. The highest BCUT2D eigenvalue weighted by Gasteiger charge is 2.38. The minimum Gasteiger partial charge on any atom is -0.378 e. The first-order chi connectivity index (χ1) is 18.8. The zero-order valence-corrected chi connectivity index (χ0v) is 21.4. The Hall–Kier alpha value is -3.50. The summed E-state index contributed by atoms with van der Waals surface area (Å²) in [5, 5.41) is 10.1.